The van der Waals surface area contributed by atoms with Crippen LogP contribution < -0.4 is 10.1 Å². The molecule has 5 nitrogen and oxygen atoms in total. The molecule has 2 amide bonds. The molecule has 34 heavy (non-hydrogen) atoms. The van der Waals surface area contributed by atoms with Crippen molar-refractivity contribution in [1.29, 1.82) is 0 Å². The van der Waals surface area contributed by atoms with E-state index >= 15 is 0 Å². The van der Waals surface area contributed by atoms with E-state index in [0.717, 1.165) is 27.6 Å². The highest BCUT2D eigenvalue weighted by Gasteiger charge is 2.30. The molecule has 3 aromatic rings. The van der Waals surface area contributed by atoms with E-state index in [1.54, 1.807) is 4.90 Å². The molecule has 0 aliphatic heterocycles. The molecular formula is C28H31BrN2O3. The maximum Gasteiger partial charge on any atom is 0.261 e. The van der Waals surface area contributed by atoms with Crippen LogP contribution in [0.1, 0.15) is 30.0 Å². The summed E-state index contributed by atoms with van der Waals surface area (Å²) in [5.41, 5.74) is 2.98. The van der Waals surface area contributed by atoms with Gasteiger partial charge in [0.15, 0.2) is 6.61 Å². The van der Waals surface area contributed by atoms with E-state index in [2.05, 4.69) is 21.2 Å². The number of hydrogen-bond acceptors (Lipinski definition) is 3. The van der Waals surface area contributed by atoms with E-state index in [1.807, 2.05) is 92.7 Å². The molecule has 0 saturated carbocycles. The molecule has 178 valence electrons. The average molecular weight is 523 g/mol. The van der Waals surface area contributed by atoms with E-state index in [0.29, 0.717) is 25.3 Å². The third kappa shape index (κ3) is 7.73. The normalized spacial score (nSPS) is 11.5. The lowest BCUT2D eigenvalue weighted by molar-refractivity contribution is -0.142. The van der Waals surface area contributed by atoms with Gasteiger partial charge in [0.1, 0.15) is 11.8 Å². The van der Waals surface area contributed by atoms with Gasteiger partial charge in [-0.05, 0) is 54.3 Å². The second-order valence-corrected chi connectivity index (χ2v) is 9.17. The molecule has 6 heteroatoms. The van der Waals surface area contributed by atoms with Crippen molar-refractivity contribution < 1.29 is 14.3 Å². The number of hydrogen-bond donors (Lipinski definition) is 1. The molecule has 0 saturated heterocycles. The number of ether oxygens (including phenoxy) is 1. The van der Waals surface area contributed by atoms with Crippen LogP contribution in [-0.4, -0.2) is 35.9 Å². The first kappa shape index (κ1) is 25.5. The van der Waals surface area contributed by atoms with Gasteiger partial charge in [-0.25, -0.2) is 0 Å². The van der Waals surface area contributed by atoms with Crippen molar-refractivity contribution in [2.75, 3.05) is 13.2 Å². The number of nitrogens with zero attached hydrogens (tertiary/aromatic N) is 1. The van der Waals surface area contributed by atoms with E-state index in [9.17, 15) is 9.59 Å². The van der Waals surface area contributed by atoms with E-state index in [1.165, 1.54) is 0 Å². The van der Waals surface area contributed by atoms with Crippen molar-refractivity contribution in [3.05, 3.63) is 100 Å². The number of amides is 2. The van der Waals surface area contributed by atoms with E-state index < -0.39 is 6.04 Å². The van der Waals surface area contributed by atoms with Gasteiger partial charge in [-0.3, -0.25) is 9.59 Å². The zero-order valence-electron chi connectivity index (χ0n) is 19.7. The molecule has 3 rings (SSSR count). The number of halogens is 1. The predicted molar refractivity (Wildman–Crippen MR) is 139 cm³/mol. The summed E-state index contributed by atoms with van der Waals surface area (Å²) in [6.07, 6.45) is 1.24. The van der Waals surface area contributed by atoms with Crippen LogP contribution in [0.15, 0.2) is 83.3 Å². The topological polar surface area (TPSA) is 58.6 Å². The highest BCUT2D eigenvalue weighted by atomic mass is 79.9. The number of carbonyl (C=O) groups is 2. The summed E-state index contributed by atoms with van der Waals surface area (Å²) < 4.78 is 6.77. The Morgan fingerprint density at radius 2 is 1.71 bits per heavy atom. The van der Waals surface area contributed by atoms with Gasteiger partial charge in [0.05, 0.1) is 0 Å². The minimum Gasteiger partial charge on any atom is -0.484 e. The molecule has 1 N–H and O–H groups in total. The van der Waals surface area contributed by atoms with Crippen LogP contribution in [0.5, 0.6) is 5.75 Å². The first-order valence-corrected chi connectivity index (χ1v) is 12.3. The quantitative estimate of drug-likeness (QED) is 0.371. The summed E-state index contributed by atoms with van der Waals surface area (Å²) in [7, 11) is 0. The SMILES string of the molecule is CCCNC(=O)[C@H](Cc1ccccc1)N(Cc1ccc(Br)cc1)C(=O)COc1cccc(C)c1. The van der Waals surface area contributed by atoms with Crippen molar-refractivity contribution in [1.82, 2.24) is 10.2 Å². The molecule has 0 heterocycles. The van der Waals surface area contributed by atoms with Crippen molar-refractivity contribution in [3.8, 4) is 5.75 Å². The average Bonchev–Trinajstić information content (AvgIpc) is 2.85. The third-order valence-corrected chi connectivity index (χ3v) is 5.97. The molecule has 0 spiro atoms. The molecule has 0 bridgehead atoms. The fourth-order valence-corrected chi connectivity index (χ4v) is 3.90. The van der Waals surface area contributed by atoms with Crippen LogP contribution >= 0.6 is 15.9 Å². The molecular weight excluding hydrogens is 492 g/mol. The smallest absolute Gasteiger partial charge is 0.261 e. The van der Waals surface area contributed by atoms with Gasteiger partial charge in [-0.2, -0.15) is 0 Å². The second kappa shape index (κ2) is 12.9. The molecule has 0 aromatic heterocycles. The Bertz CT molecular complexity index is 1070. The van der Waals surface area contributed by atoms with Crippen LogP contribution in [0.4, 0.5) is 0 Å². The molecule has 0 aliphatic carbocycles. The summed E-state index contributed by atoms with van der Waals surface area (Å²) in [5, 5.41) is 2.98. The van der Waals surface area contributed by atoms with Gasteiger partial charge < -0.3 is 15.0 Å². The van der Waals surface area contributed by atoms with Gasteiger partial charge in [0.25, 0.3) is 5.91 Å². The fraction of sp³-hybridized carbons (Fsp3) is 0.286. The molecule has 3 aromatic carbocycles. The van der Waals surface area contributed by atoms with Crippen molar-refractivity contribution in [2.45, 2.75) is 39.3 Å². The molecule has 0 fully saturated rings. The summed E-state index contributed by atoms with van der Waals surface area (Å²) >= 11 is 3.46. The number of aryl methyl sites for hydroxylation is 1. The van der Waals surface area contributed by atoms with E-state index in [-0.39, 0.29) is 18.4 Å². The van der Waals surface area contributed by atoms with Gasteiger partial charge in [0.2, 0.25) is 5.91 Å². The Morgan fingerprint density at radius 3 is 2.38 bits per heavy atom. The van der Waals surface area contributed by atoms with Crippen LogP contribution in [0.3, 0.4) is 0 Å². The van der Waals surface area contributed by atoms with Crippen LogP contribution in [0.2, 0.25) is 0 Å². The molecule has 0 aliphatic rings. The molecule has 0 unspecified atom stereocenters. The highest BCUT2D eigenvalue weighted by Crippen LogP contribution is 2.18. The number of benzene rings is 3. The zero-order valence-corrected chi connectivity index (χ0v) is 21.3. The predicted octanol–water partition coefficient (Wildman–Crippen LogP) is 5.30. The number of nitrogens with one attached hydrogen (secondary N) is 1. The summed E-state index contributed by atoms with van der Waals surface area (Å²) in [6, 6.07) is 24.5. The lowest BCUT2D eigenvalue weighted by atomic mass is 10.0. The Kier molecular flexibility index (Phi) is 9.71. The number of rotatable bonds is 11. The van der Waals surface area contributed by atoms with Crippen LogP contribution in [0, 0.1) is 6.92 Å². The van der Waals surface area contributed by atoms with Gasteiger partial charge >= 0.3 is 0 Å². The Labute approximate surface area is 210 Å². The summed E-state index contributed by atoms with van der Waals surface area (Å²) in [4.78, 5) is 28.4. The first-order valence-electron chi connectivity index (χ1n) is 11.5. The second-order valence-electron chi connectivity index (χ2n) is 8.25. The monoisotopic (exact) mass is 522 g/mol. The highest BCUT2D eigenvalue weighted by molar-refractivity contribution is 9.10. The lowest BCUT2D eigenvalue weighted by Gasteiger charge is -2.31. The summed E-state index contributed by atoms with van der Waals surface area (Å²) in [5.74, 6) is 0.232. The molecule has 1 atom stereocenters. The molecule has 0 radical (unpaired) electrons. The maximum atomic E-state index is 13.5. The lowest BCUT2D eigenvalue weighted by Crippen LogP contribution is -2.51. The van der Waals surface area contributed by atoms with Crippen LogP contribution in [-0.2, 0) is 22.6 Å². The van der Waals surface area contributed by atoms with Gasteiger partial charge in [-0.1, -0.05) is 77.5 Å². The number of carbonyl (C=O) groups excluding carboxylic acids is 2. The minimum absolute atomic E-state index is 0.146. The summed E-state index contributed by atoms with van der Waals surface area (Å²) in [6.45, 7) is 4.70. The van der Waals surface area contributed by atoms with Gasteiger partial charge in [-0.15, -0.1) is 0 Å². The third-order valence-electron chi connectivity index (χ3n) is 5.44. The van der Waals surface area contributed by atoms with Crippen molar-refractivity contribution in [3.63, 3.8) is 0 Å². The Hall–Kier alpha value is -3.12. The maximum absolute atomic E-state index is 13.5. The first-order chi connectivity index (χ1) is 16.5. The van der Waals surface area contributed by atoms with Crippen LogP contribution in [0.25, 0.3) is 0 Å². The van der Waals surface area contributed by atoms with Gasteiger partial charge in [0, 0.05) is 24.0 Å². The zero-order chi connectivity index (χ0) is 24.3. The Balaban J connectivity index is 1.88. The fourth-order valence-electron chi connectivity index (χ4n) is 3.64. The van der Waals surface area contributed by atoms with Crippen molar-refractivity contribution in [2.24, 2.45) is 0 Å². The minimum atomic E-state index is -0.661. The van der Waals surface area contributed by atoms with E-state index in [4.69, 9.17) is 4.74 Å². The van der Waals surface area contributed by atoms with Crippen molar-refractivity contribution >= 4 is 27.7 Å². The standard InChI is InChI=1S/C28H31BrN2O3/c1-3-16-30-28(33)26(18-22-9-5-4-6-10-22)31(19-23-12-14-24(29)15-13-23)27(32)20-34-25-11-7-8-21(2)17-25/h4-15,17,26H,3,16,18-20H2,1-2H3,(H,30,33)/t26-/m0/s1. The Morgan fingerprint density at radius 1 is 0.971 bits per heavy atom. The largest absolute Gasteiger partial charge is 0.484 e.